The van der Waals surface area contributed by atoms with Crippen LogP contribution in [-0.2, 0) is 20.9 Å². The van der Waals surface area contributed by atoms with Gasteiger partial charge in [0, 0.05) is 12.3 Å². The van der Waals surface area contributed by atoms with Gasteiger partial charge in [0.2, 0.25) is 5.91 Å². The van der Waals surface area contributed by atoms with Crippen LogP contribution >= 0.6 is 22.9 Å². The number of anilines is 2. The number of halogens is 1. The molecule has 3 rings (SSSR count). The van der Waals surface area contributed by atoms with Gasteiger partial charge in [0.15, 0.2) is 5.13 Å². The average Bonchev–Trinajstić information content (AvgIpc) is 3.23. The number of amides is 1. The van der Waals surface area contributed by atoms with E-state index in [1.54, 1.807) is 36.8 Å². The smallest absolute Gasteiger partial charge is 0.309 e. The quantitative estimate of drug-likeness (QED) is 0.364. The second-order valence-electron chi connectivity index (χ2n) is 7.32. The highest BCUT2D eigenvalue weighted by atomic mass is 35.5. The van der Waals surface area contributed by atoms with E-state index in [-0.39, 0.29) is 25.5 Å². The molecule has 174 valence electrons. The fourth-order valence-electron chi connectivity index (χ4n) is 3.20. The van der Waals surface area contributed by atoms with Crippen molar-refractivity contribution in [2.45, 2.75) is 33.8 Å². The molecule has 0 aliphatic heterocycles. The van der Waals surface area contributed by atoms with Crippen molar-refractivity contribution in [2.75, 3.05) is 18.6 Å². The molecule has 0 N–H and O–H groups in total. The predicted molar refractivity (Wildman–Crippen MR) is 129 cm³/mol. The first-order chi connectivity index (χ1) is 15.8. The molecule has 0 aliphatic carbocycles. The van der Waals surface area contributed by atoms with Crippen molar-refractivity contribution < 1.29 is 23.8 Å². The van der Waals surface area contributed by atoms with Crippen molar-refractivity contribution >= 4 is 45.6 Å². The van der Waals surface area contributed by atoms with Crippen LogP contribution in [0.4, 0.5) is 10.8 Å². The van der Waals surface area contributed by atoms with E-state index in [1.807, 2.05) is 26.0 Å². The summed E-state index contributed by atoms with van der Waals surface area (Å²) in [5.74, 6) is 0.756. The van der Waals surface area contributed by atoms with Gasteiger partial charge in [-0.25, -0.2) is 4.98 Å². The van der Waals surface area contributed by atoms with Crippen LogP contribution in [0.3, 0.4) is 0 Å². The lowest BCUT2D eigenvalue weighted by molar-refractivity contribution is -0.145. The van der Waals surface area contributed by atoms with Gasteiger partial charge in [0.05, 0.1) is 36.5 Å². The molecule has 0 aliphatic rings. The van der Waals surface area contributed by atoms with Gasteiger partial charge < -0.3 is 14.2 Å². The molecular weight excluding hydrogens is 464 g/mol. The van der Waals surface area contributed by atoms with Gasteiger partial charge in [0.1, 0.15) is 18.1 Å². The van der Waals surface area contributed by atoms with Crippen LogP contribution in [-0.4, -0.2) is 30.6 Å². The van der Waals surface area contributed by atoms with Crippen molar-refractivity contribution in [3.05, 3.63) is 63.6 Å². The zero-order valence-corrected chi connectivity index (χ0v) is 20.5. The normalized spacial score (nSPS) is 10.6. The summed E-state index contributed by atoms with van der Waals surface area (Å²) in [6.07, 6.45) is 0.0980. The van der Waals surface area contributed by atoms with Gasteiger partial charge >= 0.3 is 5.97 Å². The van der Waals surface area contributed by atoms with Crippen LogP contribution in [0.2, 0.25) is 5.02 Å². The maximum atomic E-state index is 12.4. The van der Waals surface area contributed by atoms with E-state index in [0.717, 1.165) is 16.9 Å². The molecule has 1 aromatic heterocycles. The summed E-state index contributed by atoms with van der Waals surface area (Å²) in [6, 6.07) is 10.9. The van der Waals surface area contributed by atoms with Gasteiger partial charge in [-0.15, -0.1) is 11.3 Å². The summed E-state index contributed by atoms with van der Waals surface area (Å²) in [4.78, 5) is 30.4. The minimum Gasteiger partial charge on any atom is -0.497 e. The van der Waals surface area contributed by atoms with Crippen molar-refractivity contribution in [3.8, 4) is 11.5 Å². The third-order valence-electron chi connectivity index (χ3n) is 4.68. The number of methoxy groups -OCH3 is 1. The Morgan fingerprint density at radius 2 is 1.82 bits per heavy atom. The third kappa shape index (κ3) is 6.46. The van der Waals surface area contributed by atoms with Crippen LogP contribution in [0.1, 0.15) is 30.2 Å². The molecule has 1 heterocycles. The number of aromatic nitrogens is 1. The van der Waals surface area contributed by atoms with Gasteiger partial charge in [-0.2, -0.15) is 0 Å². The standard InChI is InChI=1S/C24H25ClN2O5S/c1-15-11-16(2)23(21(25)12-15)27(17(3)28)24-26-18(14-33-24)13-32-22(29)9-10-31-20-7-5-19(30-4)6-8-20/h5-8,11-12,14H,9-10,13H2,1-4H3. The number of carbonyl (C=O) groups is 2. The van der Waals surface area contributed by atoms with Crippen LogP contribution in [0.15, 0.2) is 41.8 Å². The molecule has 1 amide bonds. The van der Waals surface area contributed by atoms with Gasteiger partial charge in [0.25, 0.3) is 0 Å². The van der Waals surface area contributed by atoms with Crippen LogP contribution < -0.4 is 14.4 Å². The van der Waals surface area contributed by atoms with Crippen LogP contribution in [0.25, 0.3) is 0 Å². The van der Waals surface area contributed by atoms with E-state index in [2.05, 4.69) is 4.98 Å². The molecule has 0 unspecified atom stereocenters. The maximum Gasteiger partial charge on any atom is 0.309 e. The summed E-state index contributed by atoms with van der Waals surface area (Å²) < 4.78 is 15.9. The molecule has 0 fully saturated rings. The van der Waals surface area contributed by atoms with E-state index in [9.17, 15) is 9.59 Å². The minimum atomic E-state index is -0.404. The zero-order chi connectivity index (χ0) is 24.0. The maximum absolute atomic E-state index is 12.4. The second kappa shape index (κ2) is 11.2. The van der Waals surface area contributed by atoms with E-state index in [0.29, 0.717) is 27.3 Å². The van der Waals surface area contributed by atoms with Crippen LogP contribution in [0, 0.1) is 13.8 Å². The molecule has 2 aromatic carbocycles. The van der Waals surface area contributed by atoms with E-state index in [4.69, 9.17) is 25.8 Å². The van der Waals surface area contributed by atoms with Crippen molar-refractivity contribution in [1.82, 2.24) is 4.98 Å². The first-order valence-electron chi connectivity index (χ1n) is 10.2. The largest absolute Gasteiger partial charge is 0.497 e. The Labute approximate surface area is 201 Å². The fourth-order valence-corrected chi connectivity index (χ4v) is 4.46. The average molecular weight is 489 g/mol. The number of hydrogen-bond acceptors (Lipinski definition) is 7. The molecule has 33 heavy (non-hydrogen) atoms. The van der Waals surface area contributed by atoms with E-state index >= 15 is 0 Å². The van der Waals surface area contributed by atoms with Crippen molar-refractivity contribution in [3.63, 3.8) is 0 Å². The highest BCUT2D eigenvalue weighted by molar-refractivity contribution is 7.14. The Bertz CT molecular complexity index is 1110. The number of nitrogens with zero attached hydrogens (tertiary/aromatic N) is 2. The monoisotopic (exact) mass is 488 g/mol. The highest BCUT2D eigenvalue weighted by Crippen LogP contribution is 2.37. The Hall–Kier alpha value is -3.10. The highest BCUT2D eigenvalue weighted by Gasteiger charge is 2.23. The first-order valence-corrected chi connectivity index (χ1v) is 11.5. The molecule has 0 bridgehead atoms. The molecule has 3 aromatic rings. The third-order valence-corrected chi connectivity index (χ3v) is 5.85. The number of esters is 1. The number of carbonyl (C=O) groups excluding carboxylic acids is 2. The Balaban J connectivity index is 1.57. The molecular formula is C24H25ClN2O5S. The number of ether oxygens (including phenoxy) is 3. The zero-order valence-electron chi connectivity index (χ0n) is 18.9. The molecule has 9 heteroatoms. The van der Waals surface area contributed by atoms with E-state index < -0.39 is 5.97 Å². The number of aryl methyl sites for hydroxylation is 2. The molecule has 7 nitrogen and oxygen atoms in total. The molecule has 0 atom stereocenters. The SMILES string of the molecule is COc1ccc(OCCC(=O)OCc2csc(N(C(C)=O)c3c(C)cc(C)cc3Cl)n2)cc1. The molecule has 0 saturated carbocycles. The Kier molecular flexibility index (Phi) is 8.30. The number of hydrogen-bond donors (Lipinski definition) is 0. The lowest BCUT2D eigenvalue weighted by Crippen LogP contribution is -2.24. The molecule has 0 saturated heterocycles. The predicted octanol–water partition coefficient (Wildman–Crippen LogP) is 5.62. The summed E-state index contributed by atoms with van der Waals surface area (Å²) in [5, 5.41) is 2.69. The second-order valence-corrected chi connectivity index (χ2v) is 8.57. The summed E-state index contributed by atoms with van der Waals surface area (Å²) in [6.45, 7) is 5.49. The summed E-state index contributed by atoms with van der Waals surface area (Å²) in [5.41, 5.74) is 3.03. The van der Waals surface area contributed by atoms with Gasteiger partial charge in [-0.3, -0.25) is 14.5 Å². The van der Waals surface area contributed by atoms with E-state index in [1.165, 1.54) is 23.2 Å². The Morgan fingerprint density at radius 3 is 2.45 bits per heavy atom. The number of rotatable bonds is 9. The number of thiazole rings is 1. The minimum absolute atomic E-state index is 0.00419. The lowest BCUT2D eigenvalue weighted by atomic mass is 10.1. The molecule has 0 radical (unpaired) electrons. The summed E-state index contributed by atoms with van der Waals surface area (Å²) >= 11 is 7.72. The van der Waals surface area contributed by atoms with Crippen molar-refractivity contribution in [1.29, 1.82) is 0 Å². The first kappa shape index (κ1) is 24.5. The number of benzene rings is 2. The van der Waals surface area contributed by atoms with Crippen LogP contribution in [0.5, 0.6) is 11.5 Å². The topological polar surface area (TPSA) is 78.0 Å². The van der Waals surface area contributed by atoms with Gasteiger partial charge in [-0.1, -0.05) is 17.7 Å². The fraction of sp³-hybridized carbons (Fsp3) is 0.292. The summed E-state index contributed by atoms with van der Waals surface area (Å²) in [7, 11) is 1.59. The lowest BCUT2D eigenvalue weighted by Gasteiger charge is -2.22. The van der Waals surface area contributed by atoms with Gasteiger partial charge in [-0.05, 0) is 55.3 Å². The molecule has 0 spiro atoms. The van der Waals surface area contributed by atoms with Crippen molar-refractivity contribution in [2.24, 2.45) is 0 Å². The Morgan fingerprint density at radius 1 is 1.12 bits per heavy atom.